The number of benzene rings is 2. The monoisotopic (exact) mass is 407 g/mol. The molecule has 0 saturated carbocycles. The Bertz CT molecular complexity index is 1070. The van der Waals surface area contributed by atoms with Gasteiger partial charge in [-0.25, -0.2) is 4.90 Å². The molecule has 0 radical (unpaired) electrons. The van der Waals surface area contributed by atoms with E-state index in [0.29, 0.717) is 35.8 Å². The molecule has 0 N–H and O–H groups in total. The molecule has 2 aliphatic rings. The summed E-state index contributed by atoms with van der Waals surface area (Å²) >= 11 is 0. The maximum atomic E-state index is 13.5. The summed E-state index contributed by atoms with van der Waals surface area (Å²) in [5.74, 6) is -0.438. The number of carbonyl (C=O) groups excluding carboxylic acids is 2. The molecule has 8 nitrogen and oxygen atoms in total. The fourth-order valence-corrected chi connectivity index (χ4v) is 3.96. The second kappa shape index (κ2) is 7.62. The first kappa shape index (κ1) is 19.6. The standard InChI is InChI=1S/C22H21N3O5/c1-14-5-10-18(30-2)17(13-14)24-21(26)19(15-6-8-16(9-7-15)25(28)29)20(22(24)27)23-11-3-4-12-23/h5-10,13H,3-4,11-12H2,1-2H3. The minimum absolute atomic E-state index is 0.0731. The number of aryl methyl sites for hydroxylation is 1. The Morgan fingerprint density at radius 1 is 1.00 bits per heavy atom. The van der Waals surface area contributed by atoms with Crippen LogP contribution in [0, 0.1) is 17.0 Å². The Balaban J connectivity index is 1.85. The average molecular weight is 407 g/mol. The van der Waals surface area contributed by atoms with Crippen molar-refractivity contribution in [1.82, 2.24) is 4.90 Å². The normalized spacial score (nSPS) is 16.6. The number of imide groups is 1. The molecule has 4 rings (SSSR count). The zero-order valence-corrected chi connectivity index (χ0v) is 16.8. The molecule has 0 spiro atoms. The van der Waals surface area contributed by atoms with Crippen LogP contribution in [-0.2, 0) is 9.59 Å². The first-order chi connectivity index (χ1) is 14.4. The molecular weight excluding hydrogens is 386 g/mol. The van der Waals surface area contributed by atoms with Crippen LogP contribution in [0.2, 0.25) is 0 Å². The van der Waals surface area contributed by atoms with Crippen LogP contribution in [0.4, 0.5) is 11.4 Å². The number of anilines is 1. The van der Waals surface area contributed by atoms with E-state index in [2.05, 4.69) is 0 Å². The number of ether oxygens (including phenoxy) is 1. The molecule has 0 aromatic heterocycles. The van der Waals surface area contributed by atoms with Crippen molar-refractivity contribution < 1.29 is 19.2 Å². The van der Waals surface area contributed by atoms with E-state index in [0.717, 1.165) is 23.3 Å². The lowest BCUT2D eigenvalue weighted by Gasteiger charge is -2.21. The van der Waals surface area contributed by atoms with Crippen molar-refractivity contribution in [2.75, 3.05) is 25.1 Å². The van der Waals surface area contributed by atoms with E-state index in [-0.39, 0.29) is 11.3 Å². The Kier molecular flexibility index (Phi) is 4.99. The van der Waals surface area contributed by atoms with Crippen LogP contribution in [-0.4, -0.2) is 41.8 Å². The van der Waals surface area contributed by atoms with Gasteiger partial charge in [0.2, 0.25) is 0 Å². The minimum atomic E-state index is -0.495. The van der Waals surface area contributed by atoms with Crippen molar-refractivity contribution >= 4 is 28.8 Å². The van der Waals surface area contributed by atoms with Gasteiger partial charge in [-0.2, -0.15) is 0 Å². The number of rotatable bonds is 5. The van der Waals surface area contributed by atoms with Crippen LogP contribution in [0.15, 0.2) is 48.2 Å². The molecule has 30 heavy (non-hydrogen) atoms. The summed E-state index contributed by atoms with van der Waals surface area (Å²) in [6.45, 7) is 3.24. The number of carbonyl (C=O) groups is 2. The maximum Gasteiger partial charge on any atom is 0.282 e. The van der Waals surface area contributed by atoms with Crippen molar-refractivity contribution in [3.63, 3.8) is 0 Å². The number of nitrogens with zero attached hydrogens (tertiary/aromatic N) is 3. The summed E-state index contributed by atoms with van der Waals surface area (Å²) in [5, 5.41) is 11.0. The van der Waals surface area contributed by atoms with E-state index >= 15 is 0 Å². The molecule has 2 heterocycles. The molecule has 0 atom stereocenters. The van der Waals surface area contributed by atoms with Crippen molar-refractivity contribution in [3.05, 3.63) is 69.4 Å². The molecule has 0 aliphatic carbocycles. The van der Waals surface area contributed by atoms with Gasteiger partial charge in [0.15, 0.2) is 0 Å². The molecule has 2 amide bonds. The fraction of sp³-hybridized carbons (Fsp3) is 0.273. The zero-order chi connectivity index (χ0) is 21.4. The minimum Gasteiger partial charge on any atom is -0.495 e. The SMILES string of the molecule is COc1ccc(C)cc1N1C(=O)C(c2ccc([N+](=O)[O-])cc2)=C(N2CCCC2)C1=O. The van der Waals surface area contributed by atoms with Gasteiger partial charge in [0.05, 0.1) is 23.3 Å². The highest BCUT2D eigenvalue weighted by Gasteiger charge is 2.44. The van der Waals surface area contributed by atoms with Crippen LogP contribution in [0.1, 0.15) is 24.0 Å². The topological polar surface area (TPSA) is 93.0 Å². The first-order valence-electron chi connectivity index (χ1n) is 9.70. The predicted molar refractivity (Wildman–Crippen MR) is 111 cm³/mol. The Morgan fingerprint density at radius 3 is 2.27 bits per heavy atom. The highest BCUT2D eigenvalue weighted by Crippen LogP contribution is 2.40. The predicted octanol–water partition coefficient (Wildman–Crippen LogP) is 3.29. The quantitative estimate of drug-likeness (QED) is 0.429. The number of non-ortho nitro benzene ring substituents is 1. The van der Waals surface area contributed by atoms with E-state index in [1.807, 2.05) is 17.9 Å². The third-order valence-electron chi connectivity index (χ3n) is 5.42. The van der Waals surface area contributed by atoms with Gasteiger partial charge >= 0.3 is 0 Å². The lowest BCUT2D eigenvalue weighted by molar-refractivity contribution is -0.384. The molecule has 2 aromatic carbocycles. The van der Waals surface area contributed by atoms with Crippen LogP contribution in [0.5, 0.6) is 5.75 Å². The van der Waals surface area contributed by atoms with Gasteiger partial charge in [0.25, 0.3) is 17.5 Å². The van der Waals surface area contributed by atoms with Crippen LogP contribution in [0.25, 0.3) is 5.57 Å². The van der Waals surface area contributed by atoms with Gasteiger partial charge in [0.1, 0.15) is 11.4 Å². The van der Waals surface area contributed by atoms with E-state index < -0.39 is 16.7 Å². The summed E-state index contributed by atoms with van der Waals surface area (Å²) in [4.78, 5) is 40.6. The van der Waals surface area contributed by atoms with E-state index in [1.54, 1.807) is 12.1 Å². The Hall–Kier alpha value is -3.68. The summed E-state index contributed by atoms with van der Waals surface area (Å²) in [5.41, 5.74) is 2.29. The number of nitro groups is 1. The highest BCUT2D eigenvalue weighted by atomic mass is 16.6. The number of nitro benzene ring substituents is 1. The molecule has 1 saturated heterocycles. The molecule has 2 aliphatic heterocycles. The molecule has 0 bridgehead atoms. The van der Waals surface area contributed by atoms with Crippen LogP contribution in [0.3, 0.4) is 0 Å². The van der Waals surface area contributed by atoms with Gasteiger partial charge in [-0.15, -0.1) is 0 Å². The average Bonchev–Trinajstić information content (AvgIpc) is 3.34. The summed E-state index contributed by atoms with van der Waals surface area (Å²) in [6, 6.07) is 11.0. The van der Waals surface area contributed by atoms with Crippen molar-refractivity contribution in [1.29, 1.82) is 0 Å². The summed E-state index contributed by atoms with van der Waals surface area (Å²) < 4.78 is 5.40. The highest BCUT2D eigenvalue weighted by molar-refractivity contribution is 6.45. The third-order valence-corrected chi connectivity index (χ3v) is 5.42. The summed E-state index contributed by atoms with van der Waals surface area (Å²) in [6.07, 6.45) is 1.87. The lowest BCUT2D eigenvalue weighted by atomic mass is 10.0. The van der Waals surface area contributed by atoms with Crippen molar-refractivity contribution in [3.8, 4) is 5.75 Å². The molecular formula is C22H21N3O5. The number of hydrogen-bond donors (Lipinski definition) is 0. The summed E-state index contributed by atoms with van der Waals surface area (Å²) in [7, 11) is 1.49. The number of amides is 2. The van der Waals surface area contributed by atoms with E-state index in [9.17, 15) is 19.7 Å². The molecule has 8 heteroatoms. The number of likely N-dealkylation sites (tertiary alicyclic amines) is 1. The Labute approximate surface area is 173 Å². The van der Waals surface area contributed by atoms with Crippen molar-refractivity contribution in [2.45, 2.75) is 19.8 Å². The first-order valence-corrected chi connectivity index (χ1v) is 9.70. The van der Waals surface area contributed by atoms with Crippen LogP contribution < -0.4 is 9.64 Å². The molecule has 154 valence electrons. The largest absolute Gasteiger partial charge is 0.495 e. The fourth-order valence-electron chi connectivity index (χ4n) is 3.96. The smallest absolute Gasteiger partial charge is 0.282 e. The molecule has 2 aromatic rings. The second-order valence-corrected chi connectivity index (χ2v) is 7.34. The van der Waals surface area contributed by atoms with Gasteiger partial charge in [-0.1, -0.05) is 6.07 Å². The molecule has 1 fully saturated rings. The van der Waals surface area contributed by atoms with Gasteiger partial charge in [-0.3, -0.25) is 19.7 Å². The molecule has 0 unspecified atom stereocenters. The maximum absolute atomic E-state index is 13.5. The number of methoxy groups -OCH3 is 1. The number of hydrogen-bond acceptors (Lipinski definition) is 6. The van der Waals surface area contributed by atoms with Gasteiger partial charge in [0, 0.05) is 25.2 Å². The second-order valence-electron chi connectivity index (χ2n) is 7.34. The lowest BCUT2D eigenvalue weighted by Crippen LogP contribution is -2.34. The Morgan fingerprint density at radius 2 is 1.67 bits per heavy atom. The van der Waals surface area contributed by atoms with E-state index in [4.69, 9.17) is 4.74 Å². The van der Waals surface area contributed by atoms with E-state index in [1.165, 1.54) is 31.4 Å². The van der Waals surface area contributed by atoms with Crippen LogP contribution >= 0.6 is 0 Å². The van der Waals surface area contributed by atoms with Gasteiger partial charge < -0.3 is 9.64 Å². The van der Waals surface area contributed by atoms with Crippen molar-refractivity contribution in [2.24, 2.45) is 0 Å². The van der Waals surface area contributed by atoms with Gasteiger partial charge in [-0.05, 0) is 55.2 Å². The zero-order valence-electron chi connectivity index (χ0n) is 16.8. The third kappa shape index (κ3) is 3.20.